The van der Waals surface area contributed by atoms with Gasteiger partial charge in [-0.1, -0.05) is 20.8 Å². The zero-order valence-corrected chi connectivity index (χ0v) is 10.1. The van der Waals surface area contributed by atoms with Crippen molar-refractivity contribution in [1.29, 1.82) is 0 Å². The van der Waals surface area contributed by atoms with Crippen LogP contribution < -0.4 is 0 Å². The highest BCUT2D eigenvalue weighted by atomic mass is 15.2. The van der Waals surface area contributed by atoms with Gasteiger partial charge in [-0.3, -0.25) is 4.98 Å². The number of aryl methyl sites for hydroxylation is 1. The fourth-order valence-corrected chi connectivity index (χ4v) is 1.51. The molecule has 0 radical (unpaired) electrons. The summed E-state index contributed by atoms with van der Waals surface area (Å²) in [6.07, 6.45) is 3.54. The van der Waals surface area contributed by atoms with Crippen molar-refractivity contribution < 1.29 is 0 Å². The van der Waals surface area contributed by atoms with Crippen molar-refractivity contribution in [3.05, 3.63) is 30.4 Å². The molecule has 0 bridgehead atoms. The van der Waals surface area contributed by atoms with Crippen molar-refractivity contribution in [2.75, 3.05) is 0 Å². The molecule has 2 rings (SSSR count). The second-order valence-electron chi connectivity index (χ2n) is 4.95. The Hall–Kier alpha value is -1.71. The van der Waals surface area contributed by atoms with E-state index in [1.54, 1.807) is 6.33 Å². The lowest BCUT2D eigenvalue weighted by molar-refractivity contribution is 0.569. The molecule has 2 heterocycles. The van der Waals surface area contributed by atoms with Gasteiger partial charge in [-0.25, -0.2) is 0 Å². The van der Waals surface area contributed by atoms with Gasteiger partial charge < -0.3 is 4.57 Å². The van der Waals surface area contributed by atoms with Gasteiger partial charge in [0.2, 0.25) is 0 Å². The summed E-state index contributed by atoms with van der Waals surface area (Å²) in [4.78, 5) is 4.47. The van der Waals surface area contributed by atoms with E-state index in [1.807, 2.05) is 29.9 Å². The Labute approximate surface area is 95.4 Å². The van der Waals surface area contributed by atoms with Crippen molar-refractivity contribution in [3.8, 4) is 11.4 Å². The number of hydrogen-bond acceptors (Lipinski definition) is 3. The van der Waals surface area contributed by atoms with Crippen molar-refractivity contribution >= 4 is 0 Å². The predicted octanol–water partition coefficient (Wildman–Crippen LogP) is 2.17. The van der Waals surface area contributed by atoms with Gasteiger partial charge in [0.1, 0.15) is 6.33 Å². The molecule has 0 atom stereocenters. The van der Waals surface area contributed by atoms with Gasteiger partial charge in [-0.2, -0.15) is 0 Å². The van der Waals surface area contributed by atoms with Gasteiger partial charge in [0.25, 0.3) is 0 Å². The second kappa shape index (κ2) is 3.70. The van der Waals surface area contributed by atoms with Crippen LogP contribution in [-0.2, 0) is 12.5 Å². The van der Waals surface area contributed by atoms with E-state index in [2.05, 4.69) is 36.0 Å². The Morgan fingerprint density at radius 2 is 1.94 bits per heavy atom. The van der Waals surface area contributed by atoms with Gasteiger partial charge in [-0.05, 0) is 12.1 Å². The summed E-state index contributed by atoms with van der Waals surface area (Å²) in [5.41, 5.74) is 2.16. The van der Waals surface area contributed by atoms with Gasteiger partial charge in [0.15, 0.2) is 5.82 Å². The highest BCUT2D eigenvalue weighted by Gasteiger charge is 2.15. The maximum Gasteiger partial charge on any atom is 0.165 e. The van der Waals surface area contributed by atoms with E-state index in [0.717, 1.165) is 17.1 Å². The number of rotatable bonds is 1. The van der Waals surface area contributed by atoms with Crippen molar-refractivity contribution in [3.63, 3.8) is 0 Å². The van der Waals surface area contributed by atoms with Crippen LogP contribution in [0.1, 0.15) is 26.5 Å². The van der Waals surface area contributed by atoms with E-state index in [0.29, 0.717) is 0 Å². The third-order valence-corrected chi connectivity index (χ3v) is 2.50. The smallest absolute Gasteiger partial charge is 0.165 e. The first-order valence-electron chi connectivity index (χ1n) is 5.29. The first-order valence-corrected chi connectivity index (χ1v) is 5.29. The van der Waals surface area contributed by atoms with Crippen LogP contribution in [0.5, 0.6) is 0 Å². The Kier molecular flexibility index (Phi) is 2.50. The van der Waals surface area contributed by atoms with Crippen LogP contribution in [0.2, 0.25) is 0 Å². The molecule has 0 saturated heterocycles. The van der Waals surface area contributed by atoms with E-state index in [1.165, 1.54) is 0 Å². The average molecular weight is 216 g/mol. The summed E-state index contributed by atoms with van der Waals surface area (Å²) < 4.78 is 1.88. The standard InChI is InChI=1S/C12H16N4/c1-12(2,3)10-6-5-9(7-13-10)11-15-14-8-16(11)4/h5-8H,1-4H3. The summed E-state index contributed by atoms with van der Waals surface area (Å²) in [7, 11) is 1.92. The molecule has 0 aliphatic rings. The normalized spacial score (nSPS) is 11.8. The van der Waals surface area contributed by atoms with Crippen molar-refractivity contribution in [1.82, 2.24) is 19.7 Å². The molecule has 0 N–H and O–H groups in total. The third-order valence-electron chi connectivity index (χ3n) is 2.50. The molecule has 4 heteroatoms. The van der Waals surface area contributed by atoms with Crippen molar-refractivity contribution in [2.45, 2.75) is 26.2 Å². The van der Waals surface area contributed by atoms with Gasteiger partial charge >= 0.3 is 0 Å². The topological polar surface area (TPSA) is 43.6 Å². The number of nitrogens with zero attached hydrogens (tertiary/aromatic N) is 4. The summed E-state index contributed by atoms with van der Waals surface area (Å²) in [5.74, 6) is 0.841. The summed E-state index contributed by atoms with van der Waals surface area (Å²) in [6, 6.07) is 4.08. The van der Waals surface area contributed by atoms with E-state index < -0.39 is 0 Å². The summed E-state index contributed by atoms with van der Waals surface area (Å²) >= 11 is 0. The molecule has 0 aliphatic heterocycles. The third kappa shape index (κ3) is 1.96. The molecule has 2 aromatic rings. The number of hydrogen-bond donors (Lipinski definition) is 0. The highest BCUT2D eigenvalue weighted by Crippen LogP contribution is 2.22. The van der Waals surface area contributed by atoms with Crippen LogP contribution >= 0.6 is 0 Å². The molecule has 0 spiro atoms. The Morgan fingerprint density at radius 3 is 2.38 bits per heavy atom. The quantitative estimate of drug-likeness (QED) is 0.733. The monoisotopic (exact) mass is 216 g/mol. The van der Waals surface area contributed by atoms with Crippen LogP contribution in [0.4, 0.5) is 0 Å². The predicted molar refractivity (Wildman–Crippen MR) is 62.9 cm³/mol. The highest BCUT2D eigenvalue weighted by molar-refractivity contribution is 5.53. The maximum atomic E-state index is 4.47. The van der Waals surface area contributed by atoms with Crippen molar-refractivity contribution in [2.24, 2.45) is 7.05 Å². The molecule has 2 aromatic heterocycles. The molecule has 0 unspecified atom stereocenters. The lowest BCUT2D eigenvalue weighted by Gasteiger charge is -2.17. The zero-order chi connectivity index (χ0) is 11.8. The summed E-state index contributed by atoms with van der Waals surface area (Å²) in [5, 5.41) is 7.91. The zero-order valence-electron chi connectivity index (χ0n) is 10.1. The molecular weight excluding hydrogens is 200 g/mol. The minimum atomic E-state index is 0.0818. The maximum absolute atomic E-state index is 4.47. The molecule has 0 aromatic carbocycles. The van der Waals surface area contributed by atoms with E-state index in [4.69, 9.17) is 0 Å². The fourth-order valence-electron chi connectivity index (χ4n) is 1.51. The van der Waals surface area contributed by atoms with Crippen LogP contribution in [0.25, 0.3) is 11.4 Å². The molecule has 16 heavy (non-hydrogen) atoms. The first-order chi connectivity index (χ1) is 7.48. The van der Waals surface area contributed by atoms with Crippen LogP contribution in [0.3, 0.4) is 0 Å². The van der Waals surface area contributed by atoms with E-state index in [9.17, 15) is 0 Å². The van der Waals surface area contributed by atoms with E-state index in [-0.39, 0.29) is 5.41 Å². The van der Waals surface area contributed by atoms with Gasteiger partial charge in [0, 0.05) is 29.9 Å². The lowest BCUT2D eigenvalue weighted by atomic mass is 9.91. The lowest BCUT2D eigenvalue weighted by Crippen LogP contribution is -2.13. The largest absolute Gasteiger partial charge is 0.317 e. The van der Waals surface area contributed by atoms with Crippen LogP contribution in [-0.4, -0.2) is 19.7 Å². The number of aromatic nitrogens is 4. The number of pyridine rings is 1. The van der Waals surface area contributed by atoms with Gasteiger partial charge in [0.05, 0.1) is 0 Å². The fraction of sp³-hybridized carbons (Fsp3) is 0.417. The average Bonchev–Trinajstić information content (AvgIpc) is 2.63. The second-order valence-corrected chi connectivity index (χ2v) is 4.95. The molecule has 0 fully saturated rings. The van der Waals surface area contributed by atoms with Crippen LogP contribution in [0, 0.1) is 0 Å². The van der Waals surface area contributed by atoms with Crippen LogP contribution in [0.15, 0.2) is 24.7 Å². The molecular formula is C12H16N4. The SMILES string of the molecule is Cn1cnnc1-c1ccc(C(C)(C)C)nc1. The molecule has 4 nitrogen and oxygen atoms in total. The molecule has 84 valence electrons. The first kappa shape index (κ1) is 10.8. The van der Waals surface area contributed by atoms with Gasteiger partial charge in [-0.15, -0.1) is 10.2 Å². The Bertz CT molecular complexity index is 476. The Morgan fingerprint density at radius 1 is 1.19 bits per heavy atom. The molecule has 0 saturated carbocycles. The molecule has 0 aliphatic carbocycles. The molecule has 0 amide bonds. The minimum absolute atomic E-state index is 0.0818. The minimum Gasteiger partial charge on any atom is -0.317 e. The summed E-state index contributed by atoms with van der Waals surface area (Å²) in [6.45, 7) is 6.45. The Balaban J connectivity index is 2.37. The van der Waals surface area contributed by atoms with E-state index >= 15 is 0 Å².